The zero-order chi connectivity index (χ0) is 12.7. The average molecular weight is 236 g/mol. The summed E-state index contributed by atoms with van der Waals surface area (Å²) in [4.78, 5) is 11.0. The number of aliphatic hydroxyl groups is 1. The van der Waals surface area contributed by atoms with E-state index >= 15 is 0 Å². The maximum Gasteiger partial charge on any atom is 0.333 e. The van der Waals surface area contributed by atoms with Crippen molar-refractivity contribution in [1.29, 1.82) is 0 Å². The van der Waals surface area contributed by atoms with Crippen molar-refractivity contribution in [1.82, 2.24) is 0 Å². The smallest absolute Gasteiger partial charge is 0.333 e. The predicted molar refractivity (Wildman–Crippen MR) is 63.5 cm³/mol. The fourth-order valence-corrected chi connectivity index (χ4v) is 1.09. The van der Waals surface area contributed by atoms with Gasteiger partial charge in [-0.05, 0) is 19.1 Å². The Hall–Kier alpha value is -1.81. The van der Waals surface area contributed by atoms with Crippen LogP contribution >= 0.6 is 0 Å². The van der Waals surface area contributed by atoms with Crippen molar-refractivity contribution in [2.75, 3.05) is 6.61 Å². The second-order valence-corrected chi connectivity index (χ2v) is 3.59. The Morgan fingerprint density at radius 2 is 2.06 bits per heavy atom. The monoisotopic (exact) mass is 236 g/mol. The molecule has 0 heterocycles. The number of ether oxygens (including phenoxy) is 2. The van der Waals surface area contributed by atoms with Gasteiger partial charge in [0.05, 0.1) is 6.61 Å². The Morgan fingerprint density at radius 3 is 2.65 bits per heavy atom. The number of carbonyl (C=O) groups is 1. The molecule has 0 amide bonds. The van der Waals surface area contributed by atoms with Crippen molar-refractivity contribution in [3.05, 3.63) is 42.5 Å². The normalized spacial score (nSPS) is 11.6. The summed E-state index contributed by atoms with van der Waals surface area (Å²) in [6.45, 7) is 5.12. The molecule has 0 saturated heterocycles. The van der Waals surface area contributed by atoms with Gasteiger partial charge < -0.3 is 14.6 Å². The Labute approximate surface area is 100 Å². The van der Waals surface area contributed by atoms with Crippen molar-refractivity contribution in [2.24, 2.45) is 0 Å². The zero-order valence-electron chi connectivity index (χ0n) is 9.76. The van der Waals surface area contributed by atoms with Gasteiger partial charge in [-0.2, -0.15) is 0 Å². The van der Waals surface area contributed by atoms with Gasteiger partial charge in [0, 0.05) is 12.0 Å². The average Bonchev–Trinajstić information content (AvgIpc) is 2.30. The number of para-hydroxylation sites is 1. The SMILES string of the molecule is C=C(C)C(=O)OCCC(O)Oc1ccccc1. The lowest BCUT2D eigenvalue weighted by atomic mass is 10.3. The maximum absolute atomic E-state index is 11.0. The lowest BCUT2D eigenvalue weighted by Gasteiger charge is -2.13. The van der Waals surface area contributed by atoms with Gasteiger partial charge in [0.15, 0.2) is 0 Å². The second-order valence-electron chi connectivity index (χ2n) is 3.59. The van der Waals surface area contributed by atoms with E-state index in [0.29, 0.717) is 11.3 Å². The molecular weight excluding hydrogens is 220 g/mol. The van der Waals surface area contributed by atoms with Crippen molar-refractivity contribution >= 4 is 5.97 Å². The molecule has 1 N–H and O–H groups in total. The van der Waals surface area contributed by atoms with E-state index in [1.165, 1.54) is 0 Å². The maximum atomic E-state index is 11.0. The van der Waals surface area contributed by atoms with Crippen LogP contribution in [0.2, 0.25) is 0 Å². The molecule has 0 fully saturated rings. The topological polar surface area (TPSA) is 55.8 Å². The van der Waals surface area contributed by atoms with Crippen molar-refractivity contribution in [3.8, 4) is 5.75 Å². The molecule has 0 aliphatic rings. The first kappa shape index (κ1) is 13.3. The Kier molecular flexibility index (Phi) is 5.23. The Morgan fingerprint density at radius 1 is 1.41 bits per heavy atom. The molecule has 4 heteroatoms. The van der Waals surface area contributed by atoms with Gasteiger partial charge in [-0.3, -0.25) is 0 Å². The molecule has 1 unspecified atom stereocenters. The van der Waals surface area contributed by atoms with E-state index < -0.39 is 12.3 Å². The number of carbonyl (C=O) groups excluding carboxylic acids is 1. The highest BCUT2D eigenvalue weighted by atomic mass is 16.6. The van der Waals surface area contributed by atoms with E-state index in [1.54, 1.807) is 19.1 Å². The molecule has 0 saturated carbocycles. The van der Waals surface area contributed by atoms with Crippen molar-refractivity contribution in [3.63, 3.8) is 0 Å². The summed E-state index contributed by atoms with van der Waals surface area (Å²) in [5, 5.41) is 9.52. The minimum Gasteiger partial charge on any atom is -0.465 e. The van der Waals surface area contributed by atoms with Crippen molar-refractivity contribution in [2.45, 2.75) is 19.6 Å². The minimum absolute atomic E-state index is 0.0969. The summed E-state index contributed by atoms with van der Waals surface area (Å²) < 4.78 is 10.0. The van der Waals surface area contributed by atoms with Crippen LogP contribution in [0, 0.1) is 0 Å². The highest BCUT2D eigenvalue weighted by Gasteiger charge is 2.08. The third kappa shape index (κ3) is 5.17. The van der Waals surface area contributed by atoms with Gasteiger partial charge in [-0.25, -0.2) is 4.79 Å². The van der Waals surface area contributed by atoms with E-state index in [0.717, 1.165) is 0 Å². The van der Waals surface area contributed by atoms with Crippen LogP contribution in [0.5, 0.6) is 5.75 Å². The van der Waals surface area contributed by atoms with E-state index in [9.17, 15) is 9.90 Å². The minimum atomic E-state index is -0.990. The van der Waals surface area contributed by atoms with Crippen LogP contribution in [0.3, 0.4) is 0 Å². The quantitative estimate of drug-likeness (QED) is 0.465. The van der Waals surface area contributed by atoms with E-state index in [1.807, 2.05) is 18.2 Å². The molecule has 92 valence electrons. The highest BCUT2D eigenvalue weighted by molar-refractivity contribution is 5.86. The molecule has 1 rings (SSSR count). The van der Waals surface area contributed by atoms with Gasteiger partial charge in [0.2, 0.25) is 6.29 Å². The molecule has 0 aliphatic heterocycles. The van der Waals surface area contributed by atoms with Gasteiger partial charge in [-0.1, -0.05) is 24.8 Å². The van der Waals surface area contributed by atoms with Crippen LogP contribution in [0.15, 0.2) is 42.5 Å². The lowest BCUT2D eigenvalue weighted by molar-refractivity contribution is -0.140. The number of aliphatic hydroxyl groups excluding tert-OH is 1. The molecule has 0 radical (unpaired) electrons. The van der Waals surface area contributed by atoms with Crippen molar-refractivity contribution < 1.29 is 19.4 Å². The van der Waals surface area contributed by atoms with Crippen LogP contribution in [0.1, 0.15) is 13.3 Å². The van der Waals surface area contributed by atoms with E-state index in [4.69, 9.17) is 9.47 Å². The lowest BCUT2D eigenvalue weighted by Crippen LogP contribution is -2.19. The Balaban J connectivity index is 2.24. The summed E-state index contributed by atoms with van der Waals surface area (Å²) in [5.74, 6) is 0.114. The molecule has 0 bridgehead atoms. The fraction of sp³-hybridized carbons (Fsp3) is 0.308. The van der Waals surface area contributed by atoms with Gasteiger partial charge in [0.1, 0.15) is 5.75 Å². The van der Waals surface area contributed by atoms with Gasteiger partial charge in [0.25, 0.3) is 0 Å². The first-order valence-corrected chi connectivity index (χ1v) is 5.32. The third-order valence-electron chi connectivity index (χ3n) is 1.96. The molecule has 0 aliphatic carbocycles. The first-order chi connectivity index (χ1) is 8.09. The van der Waals surface area contributed by atoms with E-state index in [-0.39, 0.29) is 13.0 Å². The number of hydrogen-bond acceptors (Lipinski definition) is 4. The number of esters is 1. The first-order valence-electron chi connectivity index (χ1n) is 5.32. The molecule has 1 aromatic carbocycles. The van der Waals surface area contributed by atoms with E-state index in [2.05, 4.69) is 6.58 Å². The van der Waals surface area contributed by atoms with Crippen LogP contribution in [-0.4, -0.2) is 24.0 Å². The van der Waals surface area contributed by atoms with Crippen LogP contribution in [-0.2, 0) is 9.53 Å². The zero-order valence-corrected chi connectivity index (χ0v) is 9.76. The molecule has 0 aromatic heterocycles. The molecular formula is C13H16O4. The molecule has 1 atom stereocenters. The fourth-order valence-electron chi connectivity index (χ4n) is 1.09. The second kappa shape index (κ2) is 6.70. The summed E-state index contributed by atoms with van der Waals surface area (Å²) in [5.41, 5.74) is 0.337. The summed E-state index contributed by atoms with van der Waals surface area (Å²) in [6, 6.07) is 8.95. The number of rotatable bonds is 6. The number of hydrogen-bond donors (Lipinski definition) is 1. The van der Waals surface area contributed by atoms with Gasteiger partial charge >= 0.3 is 5.97 Å². The molecule has 1 aromatic rings. The molecule has 0 spiro atoms. The summed E-state index contributed by atoms with van der Waals surface area (Å²) in [6.07, 6.45) is -0.774. The molecule has 4 nitrogen and oxygen atoms in total. The molecule has 17 heavy (non-hydrogen) atoms. The largest absolute Gasteiger partial charge is 0.465 e. The van der Waals surface area contributed by atoms with Crippen LogP contribution in [0.25, 0.3) is 0 Å². The third-order valence-corrected chi connectivity index (χ3v) is 1.96. The summed E-state index contributed by atoms with van der Waals surface area (Å²) in [7, 11) is 0. The number of benzene rings is 1. The van der Waals surface area contributed by atoms with Crippen LogP contribution in [0.4, 0.5) is 0 Å². The predicted octanol–water partition coefficient (Wildman–Crippen LogP) is 1.89. The summed E-state index contributed by atoms with van der Waals surface area (Å²) >= 11 is 0. The standard InChI is InChI=1S/C13H16O4/c1-10(2)13(15)16-9-8-12(14)17-11-6-4-3-5-7-11/h3-7,12,14H,1,8-9H2,2H3. The highest BCUT2D eigenvalue weighted by Crippen LogP contribution is 2.11. The Bertz CT molecular complexity index is 372. The van der Waals surface area contributed by atoms with Gasteiger partial charge in [-0.15, -0.1) is 0 Å². The van der Waals surface area contributed by atoms with Crippen LogP contribution < -0.4 is 4.74 Å².